The van der Waals surface area contributed by atoms with E-state index in [0.717, 1.165) is 19.5 Å². The summed E-state index contributed by atoms with van der Waals surface area (Å²) in [5, 5.41) is 11.8. The Morgan fingerprint density at radius 1 is 1.29 bits per heavy atom. The summed E-state index contributed by atoms with van der Waals surface area (Å²) < 4.78 is 0.666. The molecule has 0 saturated carbocycles. The van der Waals surface area contributed by atoms with Crippen LogP contribution in [0.3, 0.4) is 0 Å². The van der Waals surface area contributed by atoms with E-state index < -0.39 is 5.97 Å². The number of carbonyl (C=O) groups is 2. The van der Waals surface area contributed by atoms with Crippen LogP contribution in [-0.2, 0) is 0 Å². The minimum Gasteiger partial charge on any atom is -0.478 e. The number of halogens is 1. The lowest BCUT2D eigenvalue weighted by Crippen LogP contribution is -2.44. The summed E-state index contributed by atoms with van der Waals surface area (Å²) in [6.45, 7) is 5.73. The van der Waals surface area contributed by atoms with Crippen LogP contribution in [0.2, 0.25) is 0 Å². The summed E-state index contributed by atoms with van der Waals surface area (Å²) >= 11 is 3.33. The summed E-state index contributed by atoms with van der Waals surface area (Å²) in [5.74, 6) is -0.0557. The van der Waals surface area contributed by atoms with Gasteiger partial charge in [-0.1, -0.05) is 13.8 Å². The van der Waals surface area contributed by atoms with Gasteiger partial charge in [-0.25, -0.2) is 9.59 Å². The normalized spacial score (nSPS) is 22.0. The number of anilines is 1. The number of benzene rings is 1. The van der Waals surface area contributed by atoms with E-state index >= 15 is 0 Å². The predicted molar refractivity (Wildman–Crippen MR) is 84.6 cm³/mol. The highest BCUT2D eigenvalue weighted by Gasteiger charge is 2.25. The molecule has 1 aliphatic heterocycles. The zero-order chi connectivity index (χ0) is 15.6. The van der Waals surface area contributed by atoms with Crippen molar-refractivity contribution < 1.29 is 14.7 Å². The van der Waals surface area contributed by atoms with Crippen LogP contribution >= 0.6 is 15.9 Å². The van der Waals surface area contributed by atoms with Crippen molar-refractivity contribution in [3.05, 3.63) is 28.2 Å². The Morgan fingerprint density at radius 2 is 1.90 bits per heavy atom. The number of likely N-dealkylation sites (tertiary alicyclic amines) is 1. The van der Waals surface area contributed by atoms with Crippen molar-refractivity contribution in [2.75, 3.05) is 18.4 Å². The fourth-order valence-electron chi connectivity index (χ4n) is 2.78. The van der Waals surface area contributed by atoms with Crippen molar-refractivity contribution in [2.45, 2.75) is 20.3 Å². The van der Waals surface area contributed by atoms with Gasteiger partial charge in [-0.05, 0) is 52.4 Å². The van der Waals surface area contributed by atoms with Gasteiger partial charge >= 0.3 is 12.0 Å². The molecule has 0 bridgehead atoms. The molecular formula is C15H19BrN2O3. The van der Waals surface area contributed by atoms with E-state index in [1.54, 1.807) is 11.0 Å². The molecular weight excluding hydrogens is 336 g/mol. The second-order valence-electron chi connectivity index (χ2n) is 5.78. The number of carbonyl (C=O) groups excluding carboxylic acids is 1. The number of hydrogen-bond donors (Lipinski definition) is 2. The third kappa shape index (κ3) is 3.97. The Morgan fingerprint density at radius 3 is 2.48 bits per heavy atom. The summed E-state index contributed by atoms with van der Waals surface area (Å²) in [6, 6.07) is 4.39. The third-order valence-corrected chi connectivity index (χ3v) is 4.30. The van der Waals surface area contributed by atoms with E-state index in [2.05, 4.69) is 35.1 Å². The Balaban J connectivity index is 2.12. The van der Waals surface area contributed by atoms with E-state index in [1.165, 1.54) is 12.1 Å². The average molecular weight is 355 g/mol. The first-order valence-electron chi connectivity index (χ1n) is 6.95. The number of piperidine rings is 1. The number of nitrogens with zero attached hydrogens (tertiary/aromatic N) is 1. The fraction of sp³-hybridized carbons (Fsp3) is 0.467. The SMILES string of the molecule is CC1CC(C)CN(C(=O)Nc2cc(C(=O)O)ccc2Br)C1. The van der Waals surface area contributed by atoms with Gasteiger partial charge in [0.1, 0.15) is 0 Å². The molecule has 1 aromatic rings. The summed E-state index contributed by atoms with van der Waals surface area (Å²) in [6.07, 6.45) is 1.13. The number of nitrogens with one attached hydrogen (secondary N) is 1. The van der Waals surface area contributed by atoms with Crippen molar-refractivity contribution in [3.8, 4) is 0 Å². The molecule has 1 fully saturated rings. The Kier molecular flexibility index (Phi) is 4.88. The van der Waals surface area contributed by atoms with Crippen LogP contribution in [0.4, 0.5) is 10.5 Å². The zero-order valence-corrected chi connectivity index (χ0v) is 13.7. The molecule has 2 rings (SSSR count). The second-order valence-corrected chi connectivity index (χ2v) is 6.64. The zero-order valence-electron chi connectivity index (χ0n) is 12.1. The highest BCUT2D eigenvalue weighted by Crippen LogP contribution is 2.26. The summed E-state index contributed by atoms with van der Waals surface area (Å²) in [7, 11) is 0. The molecule has 2 atom stereocenters. The van der Waals surface area contributed by atoms with Crippen LogP contribution in [-0.4, -0.2) is 35.1 Å². The van der Waals surface area contributed by atoms with Gasteiger partial charge in [0, 0.05) is 17.6 Å². The minimum atomic E-state index is -1.02. The smallest absolute Gasteiger partial charge is 0.335 e. The lowest BCUT2D eigenvalue weighted by Gasteiger charge is -2.35. The number of amides is 2. The molecule has 5 nitrogen and oxygen atoms in total. The van der Waals surface area contributed by atoms with Crippen LogP contribution in [0.1, 0.15) is 30.6 Å². The maximum absolute atomic E-state index is 12.3. The first-order valence-corrected chi connectivity index (χ1v) is 7.75. The van der Waals surface area contributed by atoms with E-state index in [1.807, 2.05) is 0 Å². The molecule has 2 amide bonds. The molecule has 1 aliphatic rings. The van der Waals surface area contributed by atoms with Crippen LogP contribution in [0.25, 0.3) is 0 Å². The van der Waals surface area contributed by atoms with Crippen molar-refractivity contribution in [3.63, 3.8) is 0 Å². The van der Waals surface area contributed by atoms with Gasteiger partial charge in [-0.15, -0.1) is 0 Å². The van der Waals surface area contributed by atoms with E-state index in [4.69, 9.17) is 5.11 Å². The monoisotopic (exact) mass is 354 g/mol. The van der Waals surface area contributed by atoms with Gasteiger partial charge < -0.3 is 15.3 Å². The number of urea groups is 1. The molecule has 2 N–H and O–H groups in total. The minimum absolute atomic E-state index is 0.147. The number of hydrogen-bond acceptors (Lipinski definition) is 2. The van der Waals surface area contributed by atoms with Gasteiger partial charge in [0.15, 0.2) is 0 Å². The highest BCUT2D eigenvalue weighted by molar-refractivity contribution is 9.10. The van der Waals surface area contributed by atoms with Crippen molar-refractivity contribution >= 4 is 33.6 Å². The van der Waals surface area contributed by atoms with Gasteiger partial charge in [0.25, 0.3) is 0 Å². The average Bonchev–Trinajstić information content (AvgIpc) is 2.39. The summed E-state index contributed by atoms with van der Waals surface area (Å²) in [5.41, 5.74) is 0.625. The fourth-order valence-corrected chi connectivity index (χ4v) is 3.12. The highest BCUT2D eigenvalue weighted by atomic mass is 79.9. The van der Waals surface area contributed by atoms with Crippen LogP contribution in [0, 0.1) is 11.8 Å². The van der Waals surface area contributed by atoms with Gasteiger partial charge in [-0.2, -0.15) is 0 Å². The molecule has 0 aromatic heterocycles. The molecule has 6 heteroatoms. The summed E-state index contributed by atoms with van der Waals surface area (Å²) in [4.78, 5) is 25.1. The number of rotatable bonds is 2. The van der Waals surface area contributed by atoms with Crippen LogP contribution in [0.15, 0.2) is 22.7 Å². The standard InChI is InChI=1S/C15H19BrN2O3/c1-9-5-10(2)8-18(7-9)15(21)17-13-6-11(14(19)20)3-4-12(13)16/h3-4,6,9-10H,5,7-8H2,1-2H3,(H,17,21)(H,19,20). The molecule has 0 aliphatic carbocycles. The molecule has 1 heterocycles. The molecule has 0 radical (unpaired) electrons. The molecule has 114 valence electrons. The van der Waals surface area contributed by atoms with Crippen LogP contribution < -0.4 is 5.32 Å². The maximum atomic E-state index is 12.3. The molecule has 2 unspecified atom stereocenters. The predicted octanol–water partition coefficient (Wildman–Crippen LogP) is 3.66. The number of aromatic carboxylic acids is 1. The van der Waals surface area contributed by atoms with Crippen molar-refractivity contribution in [1.82, 2.24) is 4.90 Å². The van der Waals surface area contributed by atoms with E-state index in [-0.39, 0.29) is 11.6 Å². The molecule has 0 spiro atoms. The first-order chi connectivity index (χ1) is 9.86. The molecule has 1 saturated heterocycles. The van der Waals surface area contributed by atoms with E-state index in [0.29, 0.717) is 22.0 Å². The lowest BCUT2D eigenvalue weighted by atomic mass is 9.92. The van der Waals surface area contributed by atoms with E-state index in [9.17, 15) is 9.59 Å². The molecule has 21 heavy (non-hydrogen) atoms. The van der Waals surface area contributed by atoms with Crippen molar-refractivity contribution in [2.24, 2.45) is 11.8 Å². The quantitative estimate of drug-likeness (QED) is 0.851. The third-order valence-electron chi connectivity index (χ3n) is 3.61. The van der Waals surface area contributed by atoms with Gasteiger partial charge in [-0.3, -0.25) is 0 Å². The largest absolute Gasteiger partial charge is 0.478 e. The number of carboxylic acid groups (broad SMARTS) is 1. The van der Waals surface area contributed by atoms with Crippen LogP contribution in [0.5, 0.6) is 0 Å². The lowest BCUT2D eigenvalue weighted by molar-refractivity contribution is 0.0697. The second kappa shape index (κ2) is 6.47. The van der Waals surface area contributed by atoms with Gasteiger partial charge in [0.2, 0.25) is 0 Å². The first kappa shape index (κ1) is 15.8. The topological polar surface area (TPSA) is 69.6 Å². The van der Waals surface area contributed by atoms with Crippen molar-refractivity contribution in [1.29, 1.82) is 0 Å². The Bertz CT molecular complexity index is 552. The Labute approximate surface area is 132 Å². The molecule has 1 aromatic carbocycles. The number of carboxylic acids is 1. The Hall–Kier alpha value is -1.56. The van der Waals surface area contributed by atoms with Gasteiger partial charge in [0.05, 0.1) is 11.3 Å². The maximum Gasteiger partial charge on any atom is 0.335 e.